The number of aliphatic hydroxyl groups is 1. The van der Waals surface area contributed by atoms with Crippen LogP contribution in [0.4, 0.5) is 4.79 Å². The van der Waals surface area contributed by atoms with Gasteiger partial charge in [-0.1, -0.05) is 25.7 Å². The summed E-state index contributed by atoms with van der Waals surface area (Å²) in [4.78, 5) is 13.6. The van der Waals surface area contributed by atoms with Crippen molar-refractivity contribution in [2.75, 3.05) is 19.6 Å². The fourth-order valence-corrected chi connectivity index (χ4v) is 3.64. The van der Waals surface area contributed by atoms with Crippen LogP contribution in [0.1, 0.15) is 59.3 Å². The van der Waals surface area contributed by atoms with Gasteiger partial charge in [-0.2, -0.15) is 0 Å². The molecule has 0 unspecified atom stereocenters. The van der Waals surface area contributed by atoms with E-state index < -0.39 is 11.2 Å². The Morgan fingerprint density at radius 3 is 2.14 bits per heavy atom. The van der Waals surface area contributed by atoms with Crippen LogP contribution in [-0.2, 0) is 4.74 Å². The number of nitrogens with zero attached hydrogens (tertiary/aromatic N) is 1. The summed E-state index contributed by atoms with van der Waals surface area (Å²) in [6, 6.07) is 0. The number of carbonyl (C=O) groups excluding carboxylic acids is 1. The number of likely N-dealkylation sites (tertiary alicyclic amines) is 1. The second-order valence-electron chi connectivity index (χ2n) is 7.77. The van der Waals surface area contributed by atoms with Gasteiger partial charge in [-0.05, 0) is 33.6 Å². The molecule has 0 spiro atoms. The summed E-state index contributed by atoms with van der Waals surface area (Å²) in [5.74, 6) is 0. The number of nitrogens with two attached hydrogens (primary N) is 1. The fourth-order valence-electron chi connectivity index (χ4n) is 3.64. The molecular formula is C16H30N2O3. The molecule has 1 aliphatic heterocycles. The Morgan fingerprint density at radius 2 is 1.71 bits per heavy atom. The SMILES string of the molecule is CC(C)(C)OC(=O)N1CC(O)(C2(CN)CCCCCC2)C1. The molecule has 1 heterocycles. The zero-order valence-corrected chi connectivity index (χ0v) is 13.7. The molecule has 1 saturated heterocycles. The van der Waals surface area contributed by atoms with Crippen LogP contribution >= 0.6 is 0 Å². The number of amides is 1. The molecule has 1 amide bonds. The number of ether oxygens (including phenoxy) is 1. The topological polar surface area (TPSA) is 75.8 Å². The first-order valence-electron chi connectivity index (χ1n) is 8.12. The highest BCUT2D eigenvalue weighted by Crippen LogP contribution is 2.47. The molecule has 21 heavy (non-hydrogen) atoms. The number of β-amino-alcohol motifs (C(OH)–C–C–N with tert-alkyl or cyclic N) is 1. The highest BCUT2D eigenvalue weighted by atomic mass is 16.6. The summed E-state index contributed by atoms with van der Waals surface area (Å²) in [6.45, 7) is 6.74. The Balaban J connectivity index is 2.00. The van der Waals surface area contributed by atoms with Crippen LogP contribution in [0, 0.1) is 5.41 Å². The molecule has 2 rings (SSSR count). The van der Waals surface area contributed by atoms with Gasteiger partial charge in [0.2, 0.25) is 0 Å². The zero-order chi connectivity index (χ0) is 15.7. The molecule has 5 heteroatoms. The van der Waals surface area contributed by atoms with Gasteiger partial charge in [0.25, 0.3) is 0 Å². The predicted molar refractivity (Wildman–Crippen MR) is 81.9 cm³/mol. The second kappa shape index (κ2) is 5.76. The van der Waals surface area contributed by atoms with Crippen molar-refractivity contribution in [2.24, 2.45) is 11.1 Å². The van der Waals surface area contributed by atoms with E-state index in [1.54, 1.807) is 4.90 Å². The van der Waals surface area contributed by atoms with E-state index >= 15 is 0 Å². The molecule has 2 aliphatic rings. The normalized spacial score (nSPS) is 24.9. The van der Waals surface area contributed by atoms with Crippen molar-refractivity contribution in [1.82, 2.24) is 4.90 Å². The van der Waals surface area contributed by atoms with Crippen LogP contribution in [0.3, 0.4) is 0 Å². The predicted octanol–water partition coefficient (Wildman–Crippen LogP) is 2.27. The highest BCUT2D eigenvalue weighted by molar-refractivity contribution is 5.69. The lowest BCUT2D eigenvalue weighted by molar-refractivity contribution is -0.175. The molecule has 122 valence electrons. The highest BCUT2D eigenvalue weighted by Gasteiger charge is 2.57. The fraction of sp³-hybridized carbons (Fsp3) is 0.938. The molecule has 1 saturated carbocycles. The van der Waals surface area contributed by atoms with Crippen molar-refractivity contribution < 1.29 is 14.6 Å². The molecule has 0 aromatic rings. The molecule has 1 aliphatic carbocycles. The second-order valence-corrected chi connectivity index (χ2v) is 7.77. The summed E-state index contributed by atoms with van der Waals surface area (Å²) in [5, 5.41) is 11.0. The first kappa shape index (κ1) is 16.6. The van der Waals surface area contributed by atoms with Gasteiger partial charge in [0.05, 0.1) is 13.1 Å². The van der Waals surface area contributed by atoms with Crippen molar-refractivity contribution in [1.29, 1.82) is 0 Å². The van der Waals surface area contributed by atoms with Crippen LogP contribution in [0.15, 0.2) is 0 Å². The molecule has 0 aromatic carbocycles. The quantitative estimate of drug-likeness (QED) is 0.767. The number of rotatable bonds is 2. The Morgan fingerprint density at radius 1 is 1.19 bits per heavy atom. The summed E-state index contributed by atoms with van der Waals surface area (Å²) in [5.41, 5.74) is 4.45. The van der Waals surface area contributed by atoms with Crippen LogP contribution in [0.25, 0.3) is 0 Å². The molecule has 0 atom stereocenters. The Kier molecular flexibility index (Phi) is 4.54. The van der Waals surface area contributed by atoms with Gasteiger partial charge in [-0.3, -0.25) is 0 Å². The minimum atomic E-state index is -0.844. The monoisotopic (exact) mass is 298 g/mol. The van der Waals surface area contributed by atoms with Crippen LogP contribution in [-0.4, -0.2) is 46.9 Å². The van der Waals surface area contributed by atoms with Crippen molar-refractivity contribution >= 4 is 6.09 Å². The molecule has 5 nitrogen and oxygen atoms in total. The molecule has 0 radical (unpaired) electrons. The molecule has 2 fully saturated rings. The van der Waals surface area contributed by atoms with Crippen molar-refractivity contribution in [3.8, 4) is 0 Å². The van der Waals surface area contributed by atoms with Crippen LogP contribution < -0.4 is 5.73 Å². The standard InChI is InChI=1S/C16H30N2O3/c1-14(2,3)21-13(19)18-11-16(20,12-18)15(10-17)8-6-4-5-7-9-15/h20H,4-12,17H2,1-3H3. The Bertz CT molecular complexity index is 375. The third-order valence-corrected chi connectivity index (χ3v) is 5.00. The number of hydrogen-bond donors (Lipinski definition) is 2. The Hall–Kier alpha value is -0.810. The van der Waals surface area contributed by atoms with Crippen molar-refractivity contribution in [3.63, 3.8) is 0 Å². The summed E-state index contributed by atoms with van der Waals surface area (Å²) < 4.78 is 5.36. The molecule has 3 N–H and O–H groups in total. The average Bonchev–Trinajstić information content (AvgIpc) is 2.59. The average molecular weight is 298 g/mol. The maximum atomic E-state index is 12.0. The van der Waals surface area contributed by atoms with E-state index in [4.69, 9.17) is 10.5 Å². The summed E-state index contributed by atoms with van der Waals surface area (Å²) in [6.07, 6.45) is 6.25. The van der Waals surface area contributed by atoms with Crippen molar-refractivity contribution in [3.05, 3.63) is 0 Å². The van der Waals surface area contributed by atoms with E-state index in [9.17, 15) is 9.90 Å². The van der Waals surface area contributed by atoms with Gasteiger partial charge in [0.1, 0.15) is 11.2 Å². The van der Waals surface area contributed by atoms with Gasteiger partial charge in [-0.15, -0.1) is 0 Å². The van der Waals surface area contributed by atoms with E-state index in [0.29, 0.717) is 19.6 Å². The van der Waals surface area contributed by atoms with E-state index in [0.717, 1.165) is 25.7 Å². The zero-order valence-electron chi connectivity index (χ0n) is 13.7. The van der Waals surface area contributed by atoms with Crippen LogP contribution in [0.2, 0.25) is 0 Å². The smallest absolute Gasteiger partial charge is 0.410 e. The van der Waals surface area contributed by atoms with Crippen LogP contribution in [0.5, 0.6) is 0 Å². The van der Waals surface area contributed by atoms with E-state index in [1.165, 1.54) is 12.8 Å². The van der Waals surface area contributed by atoms with Crippen molar-refractivity contribution in [2.45, 2.75) is 70.5 Å². The van der Waals surface area contributed by atoms with Gasteiger partial charge in [0.15, 0.2) is 0 Å². The lowest BCUT2D eigenvalue weighted by Crippen LogP contribution is -2.72. The molecule has 0 bridgehead atoms. The Labute approximate surface area is 127 Å². The van der Waals surface area contributed by atoms with Gasteiger partial charge >= 0.3 is 6.09 Å². The molecular weight excluding hydrogens is 268 g/mol. The summed E-state index contributed by atoms with van der Waals surface area (Å²) in [7, 11) is 0. The van der Waals surface area contributed by atoms with E-state index in [-0.39, 0.29) is 11.5 Å². The number of hydrogen-bond acceptors (Lipinski definition) is 4. The largest absolute Gasteiger partial charge is 0.444 e. The van der Waals surface area contributed by atoms with Gasteiger partial charge in [0, 0.05) is 12.0 Å². The first-order valence-corrected chi connectivity index (χ1v) is 8.12. The van der Waals surface area contributed by atoms with E-state index in [1.807, 2.05) is 20.8 Å². The summed E-state index contributed by atoms with van der Waals surface area (Å²) >= 11 is 0. The minimum absolute atomic E-state index is 0.234. The lowest BCUT2D eigenvalue weighted by atomic mass is 9.63. The maximum Gasteiger partial charge on any atom is 0.410 e. The third-order valence-electron chi connectivity index (χ3n) is 5.00. The third kappa shape index (κ3) is 3.34. The number of carbonyl (C=O) groups is 1. The first-order chi connectivity index (χ1) is 9.71. The lowest BCUT2D eigenvalue weighted by Gasteiger charge is -2.56. The molecule has 0 aromatic heterocycles. The minimum Gasteiger partial charge on any atom is -0.444 e. The van der Waals surface area contributed by atoms with E-state index in [2.05, 4.69) is 0 Å². The van der Waals surface area contributed by atoms with Gasteiger partial charge in [-0.25, -0.2) is 4.79 Å². The maximum absolute atomic E-state index is 12.0. The van der Waals surface area contributed by atoms with Gasteiger partial charge < -0.3 is 20.5 Å².